The minimum atomic E-state index is -0.788. The number of carboxylic acid groups (broad SMARTS) is 1. The monoisotopic (exact) mass is 355 g/mol. The third-order valence-electron chi connectivity index (χ3n) is 4.63. The van der Waals surface area contributed by atoms with E-state index in [0.29, 0.717) is 19.1 Å². The average molecular weight is 355 g/mol. The molecule has 26 heavy (non-hydrogen) atoms. The predicted molar refractivity (Wildman–Crippen MR) is 102 cm³/mol. The summed E-state index contributed by atoms with van der Waals surface area (Å²) in [7, 11) is 0. The van der Waals surface area contributed by atoms with E-state index in [-0.39, 0.29) is 6.42 Å². The van der Waals surface area contributed by atoms with E-state index in [9.17, 15) is 4.79 Å². The van der Waals surface area contributed by atoms with Gasteiger partial charge in [0.2, 0.25) is 0 Å². The summed E-state index contributed by atoms with van der Waals surface area (Å²) in [6.07, 6.45) is 4.32. The first-order valence-corrected chi connectivity index (χ1v) is 9.00. The highest BCUT2D eigenvalue weighted by molar-refractivity contribution is 5.66. The van der Waals surface area contributed by atoms with Crippen molar-refractivity contribution in [2.75, 3.05) is 36.0 Å². The van der Waals surface area contributed by atoms with Gasteiger partial charge in [-0.3, -0.25) is 9.78 Å². The number of benzene rings is 1. The maximum Gasteiger partial charge on any atom is 0.303 e. The lowest BCUT2D eigenvalue weighted by atomic mass is 10.1. The minimum absolute atomic E-state index is 0.136. The zero-order valence-corrected chi connectivity index (χ0v) is 15.0. The van der Waals surface area contributed by atoms with Crippen LogP contribution >= 0.6 is 0 Å². The molecule has 1 aromatic carbocycles. The van der Waals surface area contributed by atoms with Gasteiger partial charge in [-0.1, -0.05) is 0 Å². The number of anilines is 2. The maximum atomic E-state index is 10.5. The van der Waals surface area contributed by atoms with E-state index in [1.165, 1.54) is 11.4 Å². The highest BCUT2D eigenvalue weighted by Gasteiger charge is 2.24. The molecule has 138 valence electrons. The van der Waals surface area contributed by atoms with Gasteiger partial charge in [-0.25, -0.2) is 0 Å². The van der Waals surface area contributed by atoms with E-state index in [2.05, 4.69) is 46.0 Å². The fraction of sp³-hybridized carbons (Fsp3) is 0.400. The van der Waals surface area contributed by atoms with Crippen LogP contribution in [0.3, 0.4) is 0 Å². The van der Waals surface area contributed by atoms with Crippen LogP contribution in [-0.4, -0.2) is 48.3 Å². The fourth-order valence-electron chi connectivity index (χ4n) is 3.28. The van der Waals surface area contributed by atoms with Crippen LogP contribution in [0.1, 0.15) is 19.8 Å². The number of aromatic nitrogens is 1. The lowest BCUT2D eigenvalue weighted by molar-refractivity contribution is -0.137. The topological polar surface area (TPSA) is 65.9 Å². The highest BCUT2D eigenvalue weighted by Crippen LogP contribution is 2.25. The van der Waals surface area contributed by atoms with Gasteiger partial charge in [0.05, 0.1) is 6.61 Å². The summed E-state index contributed by atoms with van der Waals surface area (Å²) in [4.78, 5) is 19.4. The van der Waals surface area contributed by atoms with Crippen LogP contribution < -0.4 is 14.5 Å². The second-order valence-electron chi connectivity index (χ2n) is 6.53. The predicted octanol–water partition coefficient (Wildman–Crippen LogP) is 3.04. The Labute approximate surface area is 154 Å². The van der Waals surface area contributed by atoms with E-state index in [4.69, 9.17) is 9.84 Å². The van der Waals surface area contributed by atoms with Gasteiger partial charge >= 0.3 is 5.97 Å². The summed E-state index contributed by atoms with van der Waals surface area (Å²) in [5.41, 5.74) is 2.40. The number of carbonyl (C=O) groups is 1. The van der Waals surface area contributed by atoms with Gasteiger partial charge in [0.15, 0.2) is 0 Å². The van der Waals surface area contributed by atoms with Gasteiger partial charge < -0.3 is 19.6 Å². The molecule has 0 radical (unpaired) electrons. The molecule has 0 saturated carbocycles. The van der Waals surface area contributed by atoms with E-state index in [1.807, 2.05) is 24.5 Å². The molecule has 6 nitrogen and oxygen atoms in total. The van der Waals surface area contributed by atoms with Crippen LogP contribution in [0.4, 0.5) is 11.4 Å². The van der Waals surface area contributed by atoms with Crippen LogP contribution in [0.15, 0.2) is 48.8 Å². The Morgan fingerprint density at radius 3 is 2.54 bits per heavy atom. The number of nitrogens with zero attached hydrogens (tertiary/aromatic N) is 3. The van der Waals surface area contributed by atoms with Gasteiger partial charge in [0.25, 0.3) is 0 Å². The maximum absolute atomic E-state index is 10.5. The number of carboxylic acids is 1. The average Bonchev–Trinajstić information content (AvgIpc) is 2.66. The van der Waals surface area contributed by atoms with Crippen molar-refractivity contribution in [3.63, 3.8) is 0 Å². The van der Waals surface area contributed by atoms with Crippen molar-refractivity contribution >= 4 is 17.3 Å². The van der Waals surface area contributed by atoms with Crippen molar-refractivity contribution in [1.29, 1.82) is 0 Å². The first-order chi connectivity index (χ1) is 12.6. The summed E-state index contributed by atoms with van der Waals surface area (Å²) in [6.45, 7) is 5.57. The molecule has 2 heterocycles. The Morgan fingerprint density at radius 1 is 1.15 bits per heavy atom. The Bertz CT molecular complexity index is 706. The molecule has 0 spiro atoms. The van der Waals surface area contributed by atoms with Crippen molar-refractivity contribution in [1.82, 2.24) is 4.98 Å². The first-order valence-electron chi connectivity index (χ1n) is 9.00. The Kier molecular flexibility index (Phi) is 5.94. The second-order valence-corrected chi connectivity index (χ2v) is 6.53. The van der Waals surface area contributed by atoms with E-state index >= 15 is 0 Å². The standard InChI is InChI=1S/C20H25N3O3/c1-16-15-22(17-8-10-21-11-9-17)12-13-23(16)18-4-6-19(7-5-18)26-14-2-3-20(24)25/h4-11,16H,2-3,12-15H2,1H3,(H,24,25). The number of ether oxygens (including phenoxy) is 1. The number of piperazine rings is 1. The summed E-state index contributed by atoms with van der Waals surface area (Å²) in [5.74, 6) is -0.00828. The molecule has 1 aliphatic heterocycles. The number of rotatable bonds is 7. The molecule has 0 aliphatic carbocycles. The van der Waals surface area contributed by atoms with Crippen molar-refractivity contribution in [2.45, 2.75) is 25.8 Å². The zero-order valence-electron chi connectivity index (χ0n) is 15.0. The molecular formula is C20H25N3O3. The van der Waals surface area contributed by atoms with Gasteiger partial charge in [0, 0.05) is 55.9 Å². The highest BCUT2D eigenvalue weighted by atomic mass is 16.5. The zero-order chi connectivity index (χ0) is 18.4. The van der Waals surface area contributed by atoms with Crippen molar-refractivity contribution in [3.8, 4) is 5.75 Å². The van der Waals surface area contributed by atoms with Gasteiger partial charge in [-0.2, -0.15) is 0 Å². The third-order valence-corrected chi connectivity index (χ3v) is 4.63. The molecule has 0 amide bonds. The lowest BCUT2D eigenvalue weighted by Gasteiger charge is -2.42. The van der Waals surface area contributed by atoms with E-state index in [0.717, 1.165) is 25.4 Å². The summed E-state index contributed by atoms with van der Waals surface area (Å²) in [6, 6.07) is 12.6. The van der Waals surface area contributed by atoms with Gasteiger partial charge in [-0.05, 0) is 49.7 Å². The Balaban J connectivity index is 1.54. The molecular weight excluding hydrogens is 330 g/mol. The molecule has 6 heteroatoms. The van der Waals surface area contributed by atoms with Gasteiger partial charge in [0.1, 0.15) is 5.75 Å². The van der Waals surface area contributed by atoms with Crippen LogP contribution in [0.25, 0.3) is 0 Å². The number of pyridine rings is 1. The molecule has 1 atom stereocenters. The van der Waals surface area contributed by atoms with E-state index < -0.39 is 5.97 Å². The van der Waals surface area contributed by atoms with Crippen LogP contribution in [0.2, 0.25) is 0 Å². The molecule has 1 unspecified atom stereocenters. The normalized spacial score (nSPS) is 17.2. The van der Waals surface area contributed by atoms with Crippen LogP contribution in [0.5, 0.6) is 5.75 Å². The molecule has 1 N–H and O–H groups in total. The SMILES string of the molecule is CC1CN(c2ccncc2)CCN1c1ccc(OCCCC(=O)O)cc1. The Hall–Kier alpha value is -2.76. The largest absolute Gasteiger partial charge is 0.494 e. The third kappa shape index (κ3) is 4.65. The molecule has 0 bridgehead atoms. The van der Waals surface area contributed by atoms with E-state index in [1.54, 1.807) is 0 Å². The Morgan fingerprint density at radius 2 is 1.88 bits per heavy atom. The lowest BCUT2D eigenvalue weighted by Crippen LogP contribution is -2.52. The molecule has 1 aliphatic rings. The molecule has 3 rings (SSSR count). The van der Waals surface area contributed by atoms with Crippen molar-refractivity contribution in [2.24, 2.45) is 0 Å². The molecule has 2 aromatic rings. The molecule has 1 aromatic heterocycles. The minimum Gasteiger partial charge on any atom is -0.494 e. The molecule has 1 saturated heterocycles. The van der Waals surface area contributed by atoms with Crippen molar-refractivity contribution < 1.29 is 14.6 Å². The second kappa shape index (κ2) is 8.56. The van der Waals surface area contributed by atoms with Crippen molar-refractivity contribution in [3.05, 3.63) is 48.8 Å². The summed E-state index contributed by atoms with van der Waals surface area (Å²) >= 11 is 0. The van der Waals surface area contributed by atoms with Crippen LogP contribution in [-0.2, 0) is 4.79 Å². The summed E-state index contributed by atoms with van der Waals surface area (Å²) < 4.78 is 5.60. The van der Waals surface area contributed by atoms with Crippen LogP contribution in [0, 0.1) is 0 Å². The smallest absolute Gasteiger partial charge is 0.303 e. The quantitative estimate of drug-likeness (QED) is 0.770. The number of hydrogen-bond donors (Lipinski definition) is 1. The van der Waals surface area contributed by atoms with Gasteiger partial charge in [-0.15, -0.1) is 0 Å². The molecule has 1 fully saturated rings. The number of hydrogen-bond acceptors (Lipinski definition) is 5. The fourth-order valence-corrected chi connectivity index (χ4v) is 3.28. The summed E-state index contributed by atoms with van der Waals surface area (Å²) in [5, 5.41) is 8.64. The first kappa shape index (κ1) is 18.0. The number of aliphatic carboxylic acids is 1.